The molecule has 0 atom stereocenters. The maximum Gasteiger partial charge on any atom is 0.417 e. The Morgan fingerprint density at radius 2 is 2.17 bits per heavy atom. The lowest BCUT2D eigenvalue weighted by molar-refractivity contribution is -0.137. The van der Waals surface area contributed by atoms with Crippen LogP contribution in [0.3, 0.4) is 0 Å². The quantitative estimate of drug-likeness (QED) is 0.841. The van der Waals surface area contributed by atoms with Gasteiger partial charge in [-0.2, -0.15) is 18.4 Å². The fourth-order valence-electron chi connectivity index (χ4n) is 2.55. The van der Waals surface area contributed by atoms with E-state index in [9.17, 15) is 13.2 Å². The van der Waals surface area contributed by atoms with Gasteiger partial charge in [-0.3, -0.25) is 0 Å². The van der Waals surface area contributed by atoms with Gasteiger partial charge in [0.1, 0.15) is 16.9 Å². The van der Waals surface area contributed by atoms with E-state index < -0.39 is 11.7 Å². The number of hydrogen-bond acceptors (Lipinski definition) is 5. The number of aromatic nitrogens is 1. The van der Waals surface area contributed by atoms with Gasteiger partial charge < -0.3 is 10.6 Å². The Bertz CT molecular complexity index is 810. The Morgan fingerprint density at radius 1 is 1.43 bits per heavy atom. The molecule has 1 aliphatic rings. The number of nitrogens with two attached hydrogens (primary N) is 1. The van der Waals surface area contributed by atoms with Crippen LogP contribution in [0.1, 0.15) is 21.6 Å². The third-order valence-electron chi connectivity index (χ3n) is 3.64. The summed E-state index contributed by atoms with van der Waals surface area (Å²) in [5.41, 5.74) is 6.35. The maximum absolute atomic E-state index is 12.7. The lowest BCUT2D eigenvalue weighted by atomic mass is 10.0. The number of hydrogen-bond donors (Lipinski definition) is 1. The van der Waals surface area contributed by atoms with E-state index in [2.05, 4.69) is 11.1 Å². The minimum atomic E-state index is -4.48. The van der Waals surface area contributed by atoms with Crippen molar-refractivity contribution in [2.45, 2.75) is 19.1 Å². The van der Waals surface area contributed by atoms with Crippen molar-refractivity contribution < 1.29 is 13.2 Å². The van der Waals surface area contributed by atoms with Gasteiger partial charge in [0.2, 0.25) is 0 Å². The summed E-state index contributed by atoms with van der Waals surface area (Å²) in [6.45, 7) is 0.930. The molecule has 2 N–H and O–H groups in total. The molecule has 0 aliphatic carbocycles. The molecule has 0 aromatic carbocycles. The molecule has 0 saturated carbocycles. The Balaban J connectivity index is 1.91. The molecule has 9 heteroatoms. The highest BCUT2D eigenvalue weighted by molar-refractivity contribution is 7.16. The minimum Gasteiger partial charge on any atom is -0.389 e. The molecule has 0 amide bonds. The summed E-state index contributed by atoms with van der Waals surface area (Å²) in [6, 6.07) is 2.97. The molecule has 0 unspecified atom stereocenters. The van der Waals surface area contributed by atoms with Crippen LogP contribution >= 0.6 is 22.9 Å². The van der Waals surface area contributed by atoms with Crippen LogP contribution in [-0.2, 0) is 19.1 Å². The Kier molecular flexibility index (Phi) is 3.86. The van der Waals surface area contributed by atoms with Crippen LogP contribution < -0.4 is 10.6 Å². The van der Waals surface area contributed by atoms with Gasteiger partial charge in [-0.05, 0) is 18.1 Å². The second-order valence-electron chi connectivity index (χ2n) is 5.05. The predicted molar refractivity (Wildman–Crippen MR) is 82.4 cm³/mol. The van der Waals surface area contributed by atoms with E-state index in [4.69, 9.17) is 22.6 Å². The SMILES string of the molecule is N#Cc1c(N)sc2c1CCN(c1ncc(C(F)(F)F)cc1Cl)C2. The molecule has 0 saturated heterocycles. The molecule has 0 spiro atoms. The van der Waals surface area contributed by atoms with Crippen LogP contribution in [-0.4, -0.2) is 11.5 Å². The first kappa shape index (κ1) is 15.9. The summed E-state index contributed by atoms with van der Waals surface area (Å²) in [5.74, 6) is 0.302. The van der Waals surface area contributed by atoms with E-state index in [-0.39, 0.29) is 5.02 Å². The fraction of sp³-hybridized carbons (Fsp3) is 0.286. The third kappa shape index (κ3) is 2.82. The van der Waals surface area contributed by atoms with Crippen LogP contribution in [0.2, 0.25) is 5.02 Å². The van der Waals surface area contributed by atoms with E-state index >= 15 is 0 Å². The summed E-state index contributed by atoms with van der Waals surface area (Å²) >= 11 is 7.30. The van der Waals surface area contributed by atoms with E-state index in [1.165, 1.54) is 11.3 Å². The predicted octanol–water partition coefficient (Wildman–Crippen LogP) is 3.83. The number of fused-ring (bicyclic) bond motifs is 1. The van der Waals surface area contributed by atoms with Gasteiger partial charge in [0.05, 0.1) is 22.7 Å². The molecule has 0 radical (unpaired) electrons. The molecule has 3 heterocycles. The molecule has 120 valence electrons. The molecule has 2 aromatic heterocycles. The van der Waals surface area contributed by atoms with Crippen LogP contribution in [0.5, 0.6) is 0 Å². The van der Waals surface area contributed by atoms with Crippen LogP contribution in [0.4, 0.5) is 24.0 Å². The lowest BCUT2D eigenvalue weighted by Gasteiger charge is -2.28. The normalized spacial score (nSPS) is 14.5. The number of nitriles is 1. The van der Waals surface area contributed by atoms with Crippen LogP contribution in [0.25, 0.3) is 0 Å². The number of thiophene rings is 1. The van der Waals surface area contributed by atoms with Crippen LogP contribution in [0.15, 0.2) is 12.3 Å². The molecular formula is C14H10ClF3N4S. The van der Waals surface area contributed by atoms with Crippen molar-refractivity contribution >= 4 is 33.8 Å². The summed E-state index contributed by atoms with van der Waals surface area (Å²) in [4.78, 5) is 6.59. The van der Waals surface area contributed by atoms with Gasteiger partial charge in [0.25, 0.3) is 0 Å². The first-order chi connectivity index (χ1) is 10.8. The lowest BCUT2D eigenvalue weighted by Crippen LogP contribution is -2.30. The highest BCUT2D eigenvalue weighted by Crippen LogP contribution is 2.38. The van der Waals surface area contributed by atoms with Crippen molar-refractivity contribution in [2.75, 3.05) is 17.2 Å². The number of anilines is 2. The largest absolute Gasteiger partial charge is 0.417 e. The topological polar surface area (TPSA) is 65.9 Å². The molecule has 3 rings (SSSR count). The Hall–Kier alpha value is -1.98. The summed E-state index contributed by atoms with van der Waals surface area (Å²) < 4.78 is 38.0. The second-order valence-corrected chi connectivity index (χ2v) is 6.60. The Labute approximate surface area is 138 Å². The first-order valence-corrected chi connectivity index (χ1v) is 7.78. The monoisotopic (exact) mass is 358 g/mol. The summed E-state index contributed by atoms with van der Waals surface area (Å²) in [6.07, 6.45) is -3.13. The molecule has 4 nitrogen and oxygen atoms in total. The summed E-state index contributed by atoms with van der Waals surface area (Å²) in [7, 11) is 0. The number of alkyl halides is 3. The molecular weight excluding hydrogens is 349 g/mol. The molecule has 23 heavy (non-hydrogen) atoms. The van der Waals surface area contributed by atoms with Gasteiger partial charge in [0.15, 0.2) is 0 Å². The molecule has 0 fully saturated rings. The number of nitrogens with zero attached hydrogens (tertiary/aromatic N) is 3. The van der Waals surface area contributed by atoms with Crippen molar-refractivity contribution in [3.05, 3.63) is 38.9 Å². The number of nitrogen functional groups attached to an aromatic ring is 1. The van der Waals surface area contributed by atoms with Gasteiger partial charge >= 0.3 is 6.18 Å². The standard InChI is InChI=1S/C14H10ClF3N4S/c15-10-3-7(14(16,17)18)5-21-13(10)22-2-1-8-9(4-19)12(20)23-11(8)6-22/h3,5H,1-2,6,20H2. The zero-order valence-corrected chi connectivity index (χ0v) is 13.2. The second kappa shape index (κ2) is 5.58. The maximum atomic E-state index is 12.7. The number of pyridine rings is 1. The van der Waals surface area contributed by atoms with Crippen molar-refractivity contribution in [2.24, 2.45) is 0 Å². The third-order valence-corrected chi connectivity index (χ3v) is 4.97. The van der Waals surface area contributed by atoms with Crippen molar-refractivity contribution in [1.82, 2.24) is 4.98 Å². The highest BCUT2D eigenvalue weighted by atomic mass is 35.5. The zero-order chi connectivity index (χ0) is 16.8. The van der Waals surface area contributed by atoms with Gasteiger partial charge in [0, 0.05) is 17.6 Å². The Morgan fingerprint density at radius 3 is 2.78 bits per heavy atom. The first-order valence-electron chi connectivity index (χ1n) is 6.59. The highest BCUT2D eigenvalue weighted by Gasteiger charge is 2.32. The fourth-order valence-corrected chi connectivity index (χ4v) is 3.92. The van der Waals surface area contributed by atoms with Gasteiger partial charge in [-0.15, -0.1) is 11.3 Å². The summed E-state index contributed by atoms with van der Waals surface area (Å²) in [5, 5.41) is 9.54. The molecule has 1 aliphatic heterocycles. The van der Waals surface area contributed by atoms with Crippen molar-refractivity contribution in [3.63, 3.8) is 0 Å². The minimum absolute atomic E-state index is 0.0479. The van der Waals surface area contributed by atoms with Gasteiger partial charge in [-0.1, -0.05) is 11.6 Å². The van der Waals surface area contributed by atoms with Gasteiger partial charge in [-0.25, -0.2) is 4.98 Å². The molecule has 2 aromatic rings. The number of rotatable bonds is 1. The van der Waals surface area contributed by atoms with E-state index in [0.717, 1.165) is 22.7 Å². The van der Waals surface area contributed by atoms with E-state index in [1.807, 2.05) is 0 Å². The average Bonchev–Trinajstić information content (AvgIpc) is 2.80. The average molecular weight is 359 g/mol. The number of halogens is 4. The van der Waals surface area contributed by atoms with E-state index in [1.54, 1.807) is 4.90 Å². The van der Waals surface area contributed by atoms with Crippen molar-refractivity contribution in [3.8, 4) is 6.07 Å². The van der Waals surface area contributed by atoms with Crippen LogP contribution in [0, 0.1) is 11.3 Å². The van der Waals surface area contributed by atoms with E-state index in [0.29, 0.717) is 35.9 Å². The zero-order valence-electron chi connectivity index (χ0n) is 11.6. The van der Waals surface area contributed by atoms with Crippen molar-refractivity contribution in [1.29, 1.82) is 5.26 Å². The molecule has 0 bridgehead atoms. The smallest absolute Gasteiger partial charge is 0.389 e.